The van der Waals surface area contributed by atoms with Crippen LogP contribution in [0.3, 0.4) is 0 Å². The number of furan rings is 2. The predicted molar refractivity (Wildman–Crippen MR) is 194 cm³/mol. The van der Waals surface area contributed by atoms with Crippen LogP contribution < -0.4 is 0 Å². The zero-order valence-corrected chi connectivity index (χ0v) is 25.3. The maximum absolute atomic E-state index is 6.66. The number of hydrogen-bond donors (Lipinski definition) is 0. The van der Waals surface area contributed by atoms with Gasteiger partial charge in [-0.05, 0) is 60.2 Å². The quantitative estimate of drug-likeness (QED) is 0.196. The summed E-state index contributed by atoms with van der Waals surface area (Å²) in [6.07, 6.45) is 0. The lowest BCUT2D eigenvalue weighted by Gasteiger charge is -2.07. The molecule has 46 heavy (non-hydrogen) atoms. The number of rotatable bonds is 2. The smallest absolute Gasteiger partial charge is 0.144 e. The highest BCUT2D eigenvalue weighted by molar-refractivity contribution is 7.26. The Morgan fingerprint density at radius 3 is 1.89 bits per heavy atom. The van der Waals surface area contributed by atoms with Gasteiger partial charge in [0.2, 0.25) is 0 Å². The average molecular weight is 606 g/mol. The number of hydrogen-bond acceptors (Lipinski definition) is 3. The Morgan fingerprint density at radius 1 is 0.457 bits per heavy atom. The molecule has 0 aliphatic heterocycles. The van der Waals surface area contributed by atoms with Gasteiger partial charge in [0.1, 0.15) is 22.3 Å². The molecule has 0 unspecified atom stereocenters. The van der Waals surface area contributed by atoms with Crippen molar-refractivity contribution in [3.05, 3.63) is 140 Å². The van der Waals surface area contributed by atoms with Crippen molar-refractivity contribution in [1.29, 1.82) is 0 Å². The molecule has 0 N–H and O–H groups in total. The third-order valence-corrected chi connectivity index (χ3v) is 10.8. The normalized spacial score (nSPS) is 12.3. The Kier molecular flexibility index (Phi) is 4.72. The summed E-state index contributed by atoms with van der Waals surface area (Å²) in [5, 5.41) is 9.44. The SMILES string of the molecule is c1ccc2c(c1)oc1c2cc(-c2ccc3c(c2)oc2cc(-n4c5ccccc5c5ccccc54)ccc23)c2sc3ccccc3c21. The van der Waals surface area contributed by atoms with Crippen molar-refractivity contribution >= 4 is 97.2 Å². The number of aromatic nitrogens is 1. The summed E-state index contributed by atoms with van der Waals surface area (Å²) in [4.78, 5) is 0. The predicted octanol–water partition coefficient (Wildman–Crippen LogP) is 12.6. The molecule has 0 atom stereocenters. The van der Waals surface area contributed by atoms with Crippen molar-refractivity contribution in [1.82, 2.24) is 4.57 Å². The number of benzene rings is 7. The molecule has 0 spiro atoms. The molecule has 11 rings (SSSR count). The van der Waals surface area contributed by atoms with Gasteiger partial charge in [-0.2, -0.15) is 0 Å². The second-order valence-electron chi connectivity index (χ2n) is 12.1. The van der Waals surface area contributed by atoms with Crippen molar-refractivity contribution < 1.29 is 8.83 Å². The summed E-state index contributed by atoms with van der Waals surface area (Å²) >= 11 is 1.83. The first kappa shape index (κ1) is 24.5. The average Bonchev–Trinajstić information content (AvgIpc) is 3.86. The first-order chi connectivity index (χ1) is 22.8. The summed E-state index contributed by atoms with van der Waals surface area (Å²) in [6, 6.07) is 49.8. The molecule has 0 aliphatic carbocycles. The molecular weight excluding hydrogens is 583 g/mol. The first-order valence-electron chi connectivity index (χ1n) is 15.5. The Bertz CT molecular complexity index is 2990. The standard InChI is InChI=1S/C42H23NO2S/c1-5-13-34-26(9-1)27-10-2-6-14-35(27)43(34)25-18-20-30-29-19-17-24(21-37(29)44-38(30)22-25)32-23-33-28-11-3-7-15-36(28)45-41(33)40-31-12-4-8-16-39(31)46-42(32)40/h1-23H. The molecule has 7 aromatic carbocycles. The summed E-state index contributed by atoms with van der Waals surface area (Å²) in [5.74, 6) is 0. The van der Waals surface area contributed by atoms with Crippen molar-refractivity contribution in [2.75, 3.05) is 0 Å². The fraction of sp³-hybridized carbons (Fsp3) is 0. The summed E-state index contributed by atoms with van der Waals surface area (Å²) in [7, 11) is 0. The second kappa shape index (κ2) is 8.87. The van der Waals surface area contributed by atoms with Crippen molar-refractivity contribution in [3.8, 4) is 16.8 Å². The van der Waals surface area contributed by atoms with E-state index in [2.05, 4.69) is 138 Å². The van der Waals surface area contributed by atoms with Gasteiger partial charge in [-0.1, -0.05) is 78.9 Å². The molecule has 0 amide bonds. The van der Waals surface area contributed by atoms with Gasteiger partial charge in [-0.15, -0.1) is 11.3 Å². The Hall–Kier alpha value is -5.84. The van der Waals surface area contributed by atoms with Gasteiger partial charge in [0.05, 0.1) is 11.0 Å². The van der Waals surface area contributed by atoms with E-state index in [-0.39, 0.29) is 0 Å². The van der Waals surface area contributed by atoms with Crippen LogP contribution in [0.2, 0.25) is 0 Å². The van der Waals surface area contributed by atoms with E-state index in [0.717, 1.165) is 55.1 Å². The van der Waals surface area contributed by atoms with Gasteiger partial charge < -0.3 is 13.4 Å². The van der Waals surface area contributed by atoms with Crippen LogP contribution in [0.1, 0.15) is 0 Å². The zero-order chi connectivity index (χ0) is 29.9. The van der Waals surface area contributed by atoms with Crippen molar-refractivity contribution in [3.63, 3.8) is 0 Å². The van der Waals surface area contributed by atoms with E-state index in [1.54, 1.807) is 0 Å². The van der Waals surface area contributed by atoms with Crippen molar-refractivity contribution in [2.45, 2.75) is 0 Å². The summed E-state index contributed by atoms with van der Waals surface area (Å²) < 4.78 is 18.0. The van der Waals surface area contributed by atoms with Crippen LogP contribution in [0.5, 0.6) is 0 Å². The van der Waals surface area contributed by atoms with Crippen LogP contribution in [0.15, 0.2) is 148 Å². The number of nitrogens with zero attached hydrogens (tertiary/aromatic N) is 1. The van der Waals surface area contributed by atoms with E-state index in [0.29, 0.717) is 0 Å². The molecule has 0 saturated heterocycles. The highest BCUT2D eigenvalue weighted by Crippen LogP contribution is 2.47. The lowest BCUT2D eigenvalue weighted by Crippen LogP contribution is -1.93. The van der Waals surface area contributed by atoms with Gasteiger partial charge in [0, 0.05) is 69.8 Å². The van der Waals surface area contributed by atoms with Gasteiger partial charge in [0.25, 0.3) is 0 Å². The van der Waals surface area contributed by atoms with Gasteiger partial charge >= 0.3 is 0 Å². The van der Waals surface area contributed by atoms with Crippen molar-refractivity contribution in [2.24, 2.45) is 0 Å². The molecule has 0 aliphatic rings. The largest absolute Gasteiger partial charge is 0.456 e. The van der Waals surface area contributed by atoms with Crippen LogP contribution >= 0.6 is 11.3 Å². The summed E-state index contributed by atoms with van der Waals surface area (Å²) in [6.45, 7) is 0. The lowest BCUT2D eigenvalue weighted by atomic mass is 9.98. The maximum Gasteiger partial charge on any atom is 0.144 e. The Labute approximate surface area is 266 Å². The fourth-order valence-electron chi connectivity index (χ4n) is 7.55. The van der Waals surface area contributed by atoms with E-state index in [4.69, 9.17) is 8.83 Å². The number of thiophene rings is 1. The minimum absolute atomic E-state index is 0.884. The van der Waals surface area contributed by atoms with E-state index >= 15 is 0 Å². The van der Waals surface area contributed by atoms with Crippen LogP contribution in [0.25, 0.3) is 103 Å². The van der Waals surface area contributed by atoms with Gasteiger partial charge in [-0.3, -0.25) is 0 Å². The molecule has 4 aromatic heterocycles. The van der Waals surface area contributed by atoms with E-state index < -0.39 is 0 Å². The molecule has 3 nitrogen and oxygen atoms in total. The third-order valence-electron chi connectivity index (χ3n) is 9.60. The monoisotopic (exact) mass is 605 g/mol. The van der Waals surface area contributed by atoms with Crippen LogP contribution in [0.4, 0.5) is 0 Å². The molecule has 11 aromatic rings. The molecule has 0 bridgehead atoms. The van der Waals surface area contributed by atoms with E-state index in [1.807, 2.05) is 17.4 Å². The third kappa shape index (κ3) is 3.21. The highest BCUT2D eigenvalue weighted by atomic mass is 32.1. The van der Waals surface area contributed by atoms with Gasteiger partial charge in [-0.25, -0.2) is 0 Å². The van der Waals surface area contributed by atoms with Crippen LogP contribution in [-0.2, 0) is 0 Å². The van der Waals surface area contributed by atoms with E-state index in [1.165, 1.54) is 47.5 Å². The first-order valence-corrected chi connectivity index (χ1v) is 16.3. The second-order valence-corrected chi connectivity index (χ2v) is 13.1. The minimum Gasteiger partial charge on any atom is -0.456 e. The lowest BCUT2D eigenvalue weighted by molar-refractivity contribution is 0.669. The maximum atomic E-state index is 6.66. The zero-order valence-electron chi connectivity index (χ0n) is 24.5. The molecule has 0 saturated carbocycles. The molecule has 214 valence electrons. The Balaban J connectivity index is 1.15. The van der Waals surface area contributed by atoms with Crippen LogP contribution in [0, 0.1) is 0 Å². The topological polar surface area (TPSA) is 31.2 Å². The number of fused-ring (bicyclic) bond motifs is 13. The molecule has 4 heteroatoms. The number of para-hydroxylation sites is 3. The molecule has 4 heterocycles. The van der Waals surface area contributed by atoms with E-state index in [9.17, 15) is 0 Å². The molecular formula is C42H23NO2S. The molecule has 0 fully saturated rings. The molecule has 0 radical (unpaired) electrons. The van der Waals surface area contributed by atoms with Gasteiger partial charge in [0.15, 0.2) is 0 Å². The summed E-state index contributed by atoms with van der Waals surface area (Å²) in [5.41, 5.74) is 9.45. The minimum atomic E-state index is 0.884. The highest BCUT2D eigenvalue weighted by Gasteiger charge is 2.20. The van der Waals surface area contributed by atoms with Crippen LogP contribution in [-0.4, -0.2) is 4.57 Å². The Morgan fingerprint density at radius 2 is 1.09 bits per heavy atom. The fourth-order valence-corrected chi connectivity index (χ4v) is 8.79.